The molecule has 1 fully saturated rings. The minimum atomic E-state index is 0.427. The van der Waals surface area contributed by atoms with Gasteiger partial charge < -0.3 is 15.8 Å². The van der Waals surface area contributed by atoms with Gasteiger partial charge in [-0.15, -0.1) is 0 Å². The number of anilines is 2. The normalized spacial score (nSPS) is 17.0. The van der Waals surface area contributed by atoms with Gasteiger partial charge in [0.15, 0.2) is 0 Å². The number of rotatable bonds is 6. The van der Waals surface area contributed by atoms with Gasteiger partial charge in [-0.3, -0.25) is 0 Å². The van der Waals surface area contributed by atoms with E-state index in [0.717, 1.165) is 23.7 Å². The van der Waals surface area contributed by atoms with Crippen LogP contribution in [0.15, 0.2) is 18.2 Å². The fraction of sp³-hybridized carbons (Fsp3) is 0.571. The van der Waals surface area contributed by atoms with Gasteiger partial charge in [-0.05, 0) is 32.1 Å². The van der Waals surface area contributed by atoms with Crippen LogP contribution in [0.25, 0.3) is 0 Å². The van der Waals surface area contributed by atoms with Gasteiger partial charge in [0.1, 0.15) is 5.75 Å². The summed E-state index contributed by atoms with van der Waals surface area (Å²) in [6.45, 7) is 3.65. The molecule has 0 amide bonds. The summed E-state index contributed by atoms with van der Waals surface area (Å²) in [5, 5.41) is 3.50. The molecule has 4 heteroatoms. The van der Waals surface area contributed by atoms with Gasteiger partial charge in [0.2, 0.25) is 0 Å². The van der Waals surface area contributed by atoms with Crippen molar-refractivity contribution in [2.75, 3.05) is 30.5 Å². The highest BCUT2D eigenvalue weighted by Crippen LogP contribution is 2.42. The molecular weight excluding hydrogens is 244 g/mol. The first-order valence-electron chi connectivity index (χ1n) is 6.50. The highest BCUT2D eigenvalue weighted by Gasteiger charge is 2.35. The zero-order valence-corrected chi connectivity index (χ0v) is 12.0. The molecule has 0 aliphatic heterocycles. The minimum Gasteiger partial charge on any atom is -0.494 e. The van der Waals surface area contributed by atoms with Crippen molar-refractivity contribution in [2.45, 2.75) is 30.9 Å². The van der Waals surface area contributed by atoms with Crippen molar-refractivity contribution in [3.63, 3.8) is 0 Å². The smallest absolute Gasteiger partial charge is 0.123 e. The van der Waals surface area contributed by atoms with E-state index in [4.69, 9.17) is 10.5 Å². The number of nitrogens with one attached hydrogen (secondary N) is 1. The predicted molar refractivity (Wildman–Crippen MR) is 80.6 cm³/mol. The van der Waals surface area contributed by atoms with E-state index in [1.165, 1.54) is 19.3 Å². The van der Waals surface area contributed by atoms with Gasteiger partial charge in [-0.25, -0.2) is 0 Å². The highest BCUT2D eigenvalue weighted by molar-refractivity contribution is 8.00. The molecule has 1 aliphatic rings. The molecule has 3 N–H and O–H groups in total. The maximum atomic E-state index is 5.88. The number of thioether (sulfide) groups is 1. The van der Waals surface area contributed by atoms with Gasteiger partial charge in [0.05, 0.1) is 6.61 Å². The van der Waals surface area contributed by atoms with Crippen LogP contribution < -0.4 is 15.8 Å². The van der Waals surface area contributed by atoms with Gasteiger partial charge in [0.25, 0.3) is 0 Å². The first-order chi connectivity index (χ1) is 8.67. The van der Waals surface area contributed by atoms with Crippen molar-refractivity contribution in [1.82, 2.24) is 0 Å². The summed E-state index contributed by atoms with van der Waals surface area (Å²) < 4.78 is 5.93. The number of hydrogen-bond donors (Lipinski definition) is 2. The second-order valence-corrected chi connectivity index (χ2v) is 6.09. The van der Waals surface area contributed by atoms with Crippen molar-refractivity contribution >= 4 is 23.1 Å². The molecular formula is C14H22N2OS. The summed E-state index contributed by atoms with van der Waals surface area (Å²) in [6.07, 6.45) is 6.17. The fourth-order valence-corrected chi connectivity index (χ4v) is 3.17. The number of nitrogen functional groups attached to an aromatic ring is 1. The molecule has 3 nitrogen and oxygen atoms in total. The Morgan fingerprint density at radius 1 is 1.39 bits per heavy atom. The molecule has 0 aromatic heterocycles. The van der Waals surface area contributed by atoms with Crippen LogP contribution >= 0.6 is 11.8 Å². The molecule has 0 bridgehead atoms. The van der Waals surface area contributed by atoms with Crippen LogP contribution in [0.4, 0.5) is 11.4 Å². The third-order valence-corrected chi connectivity index (χ3v) is 4.97. The van der Waals surface area contributed by atoms with E-state index in [0.29, 0.717) is 11.4 Å². The quantitative estimate of drug-likeness (QED) is 0.775. The molecule has 2 rings (SSSR count). The summed E-state index contributed by atoms with van der Waals surface area (Å²) >= 11 is 1.97. The average Bonchev–Trinajstić information content (AvgIpc) is 2.28. The maximum absolute atomic E-state index is 5.88. The van der Waals surface area contributed by atoms with Crippen LogP contribution in [0.2, 0.25) is 0 Å². The monoisotopic (exact) mass is 266 g/mol. The first-order valence-corrected chi connectivity index (χ1v) is 7.72. The Morgan fingerprint density at radius 3 is 2.72 bits per heavy atom. The SMILES string of the molecule is CCOc1cc(N)cc(NCC2(SC)CCC2)c1. The van der Waals surface area contributed by atoms with Crippen molar-refractivity contribution in [3.8, 4) is 5.75 Å². The fourth-order valence-electron chi connectivity index (χ4n) is 2.26. The highest BCUT2D eigenvalue weighted by atomic mass is 32.2. The summed E-state index contributed by atoms with van der Waals surface area (Å²) in [4.78, 5) is 0. The number of benzene rings is 1. The van der Waals surface area contributed by atoms with Crippen LogP contribution in [-0.2, 0) is 0 Å². The number of hydrogen-bond acceptors (Lipinski definition) is 4. The Bertz CT molecular complexity index is 399. The number of nitrogens with two attached hydrogens (primary N) is 1. The van der Waals surface area contributed by atoms with Crippen LogP contribution in [0.5, 0.6) is 5.75 Å². The summed E-state index contributed by atoms with van der Waals surface area (Å²) in [5.41, 5.74) is 7.68. The predicted octanol–water partition coefficient (Wildman–Crippen LogP) is 3.37. The van der Waals surface area contributed by atoms with E-state index in [9.17, 15) is 0 Å². The van der Waals surface area contributed by atoms with Crippen molar-refractivity contribution < 1.29 is 4.74 Å². The standard InChI is InChI=1S/C14H22N2OS/c1-3-17-13-8-11(15)7-12(9-13)16-10-14(18-2)5-4-6-14/h7-9,16H,3-6,10,15H2,1-2H3. The van der Waals surface area contributed by atoms with E-state index in [2.05, 4.69) is 11.6 Å². The van der Waals surface area contributed by atoms with E-state index in [1.54, 1.807) is 0 Å². The zero-order chi connectivity index (χ0) is 13.0. The maximum Gasteiger partial charge on any atom is 0.123 e. The van der Waals surface area contributed by atoms with E-state index >= 15 is 0 Å². The molecule has 0 spiro atoms. The molecule has 0 saturated heterocycles. The Balaban J connectivity index is 2.00. The molecule has 1 aromatic rings. The Kier molecular flexibility index (Phi) is 4.27. The van der Waals surface area contributed by atoms with Crippen molar-refractivity contribution in [1.29, 1.82) is 0 Å². The van der Waals surface area contributed by atoms with Gasteiger partial charge >= 0.3 is 0 Å². The third-order valence-electron chi connectivity index (χ3n) is 3.55. The van der Waals surface area contributed by atoms with Gasteiger partial charge in [0, 0.05) is 34.8 Å². The molecule has 1 saturated carbocycles. The zero-order valence-electron chi connectivity index (χ0n) is 11.2. The van der Waals surface area contributed by atoms with Crippen molar-refractivity contribution in [2.24, 2.45) is 0 Å². The summed E-state index contributed by atoms with van der Waals surface area (Å²) in [5.74, 6) is 0.840. The summed E-state index contributed by atoms with van der Waals surface area (Å²) in [7, 11) is 0. The van der Waals surface area contributed by atoms with Crippen LogP contribution in [0.1, 0.15) is 26.2 Å². The Labute approximate surface area is 113 Å². The Hall–Kier alpha value is -1.03. The van der Waals surface area contributed by atoms with Gasteiger partial charge in [-0.1, -0.05) is 6.42 Å². The average molecular weight is 266 g/mol. The lowest BCUT2D eigenvalue weighted by Gasteiger charge is -2.40. The molecule has 1 aromatic carbocycles. The lowest BCUT2D eigenvalue weighted by molar-refractivity contribution is 0.340. The first kappa shape index (κ1) is 13.4. The second-order valence-electron chi connectivity index (χ2n) is 4.82. The molecule has 100 valence electrons. The third kappa shape index (κ3) is 3.05. The molecule has 0 atom stereocenters. The van der Waals surface area contributed by atoms with Crippen LogP contribution in [-0.4, -0.2) is 24.2 Å². The minimum absolute atomic E-state index is 0.427. The molecule has 0 unspecified atom stereocenters. The lowest BCUT2D eigenvalue weighted by Crippen LogP contribution is -2.40. The van der Waals surface area contributed by atoms with Crippen LogP contribution in [0.3, 0.4) is 0 Å². The van der Waals surface area contributed by atoms with E-state index < -0.39 is 0 Å². The summed E-state index contributed by atoms with van der Waals surface area (Å²) in [6, 6.07) is 5.85. The number of ether oxygens (including phenoxy) is 1. The molecule has 0 radical (unpaired) electrons. The topological polar surface area (TPSA) is 47.3 Å². The van der Waals surface area contributed by atoms with Gasteiger partial charge in [-0.2, -0.15) is 11.8 Å². The van der Waals surface area contributed by atoms with Crippen molar-refractivity contribution in [3.05, 3.63) is 18.2 Å². The Morgan fingerprint density at radius 2 is 2.17 bits per heavy atom. The molecule has 18 heavy (non-hydrogen) atoms. The lowest BCUT2D eigenvalue weighted by atomic mass is 9.84. The second kappa shape index (κ2) is 5.74. The van der Waals surface area contributed by atoms with Crippen LogP contribution in [0, 0.1) is 0 Å². The largest absolute Gasteiger partial charge is 0.494 e. The van der Waals surface area contributed by atoms with E-state index in [1.807, 2.05) is 36.9 Å². The molecule has 0 heterocycles. The van der Waals surface area contributed by atoms with E-state index in [-0.39, 0.29) is 0 Å². The molecule has 1 aliphatic carbocycles.